The van der Waals surface area contributed by atoms with Gasteiger partial charge < -0.3 is 14.3 Å². The maximum Gasteiger partial charge on any atom is 0.103 e. The van der Waals surface area contributed by atoms with E-state index in [1.54, 1.807) is 6.26 Å². The maximum absolute atomic E-state index is 5.34. The van der Waals surface area contributed by atoms with E-state index in [1.807, 2.05) is 24.7 Å². The van der Waals surface area contributed by atoms with Crippen molar-refractivity contribution in [3.63, 3.8) is 0 Å². The zero-order chi connectivity index (χ0) is 13.5. The molecule has 0 amide bonds. The fraction of sp³-hybridized carbons (Fsp3) is 0.533. The van der Waals surface area contributed by atoms with Crippen LogP contribution in [-0.2, 0) is 19.5 Å². The van der Waals surface area contributed by atoms with Crippen LogP contribution in [0, 0.1) is 0 Å². The largest absolute Gasteiger partial charge is 0.469 e. The van der Waals surface area contributed by atoms with E-state index in [9.17, 15) is 0 Å². The molecule has 4 heteroatoms. The van der Waals surface area contributed by atoms with Crippen molar-refractivity contribution in [2.75, 3.05) is 0 Å². The second kappa shape index (κ2) is 7.14. The molecule has 0 bridgehead atoms. The molecule has 2 heterocycles. The molecule has 104 valence electrons. The molecule has 0 spiro atoms. The van der Waals surface area contributed by atoms with Crippen LogP contribution in [0.3, 0.4) is 0 Å². The zero-order valence-electron chi connectivity index (χ0n) is 11.8. The van der Waals surface area contributed by atoms with E-state index in [-0.39, 0.29) is 0 Å². The average Bonchev–Trinajstić information content (AvgIpc) is 3.06. The molecule has 0 aromatic carbocycles. The third-order valence-corrected chi connectivity index (χ3v) is 3.30. The summed E-state index contributed by atoms with van der Waals surface area (Å²) in [5.41, 5.74) is 1.26. The Bertz CT molecular complexity index is 461. The number of aromatic nitrogens is 2. The van der Waals surface area contributed by atoms with Gasteiger partial charge in [0.25, 0.3) is 0 Å². The number of furan rings is 1. The number of aryl methyl sites for hydroxylation is 2. The Hall–Kier alpha value is -1.55. The highest BCUT2D eigenvalue weighted by molar-refractivity contribution is 5.00. The summed E-state index contributed by atoms with van der Waals surface area (Å²) in [6.45, 7) is 6.31. The third kappa shape index (κ3) is 4.24. The van der Waals surface area contributed by atoms with Crippen LogP contribution in [0.2, 0.25) is 0 Å². The molecule has 0 saturated carbocycles. The number of hydrogen-bond donors (Lipinski definition) is 1. The van der Waals surface area contributed by atoms with Gasteiger partial charge in [-0.05, 0) is 31.9 Å². The van der Waals surface area contributed by atoms with Crippen LogP contribution >= 0.6 is 0 Å². The first-order chi connectivity index (χ1) is 9.29. The first kappa shape index (κ1) is 13.9. The van der Waals surface area contributed by atoms with Crippen molar-refractivity contribution >= 4 is 0 Å². The van der Waals surface area contributed by atoms with Crippen molar-refractivity contribution in [2.24, 2.45) is 0 Å². The third-order valence-electron chi connectivity index (χ3n) is 3.30. The Labute approximate surface area is 114 Å². The topological polar surface area (TPSA) is 43.0 Å². The molecule has 2 aromatic heterocycles. The van der Waals surface area contributed by atoms with Gasteiger partial charge >= 0.3 is 0 Å². The van der Waals surface area contributed by atoms with E-state index in [2.05, 4.69) is 28.7 Å². The lowest BCUT2D eigenvalue weighted by molar-refractivity contribution is 0.454. The smallest absolute Gasteiger partial charge is 0.103 e. The Kier molecular flexibility index (Phi) is 5.21. The van der Waals surface area contributed by atoms with Crippen LogP contribution in [0.15, 0.2) is 35.3 Å². The lowest BCUT2D eigenvalue weighted by atomic mass is 10.1. The molecule has 0 aliphatic heterocycles. The molecule has 2 rings (SSSR count). The quantitative estimate of drug-likeness (QED) is 0.794. The lowest BCUT2D eigenvalue weighted by Crippen LogP contribution is -2.27. The van der Waals surface area contributed by atoms with Crippen molar-refractivity contribution in [2.45, 2.75) is 52.2 Å². The predicted molar refractivity (Wildman–Crippen MR) is 75.8 cm³/mol. The molecule has 0 fully saturated rings. The highest BCUT2D eigenvalue weighted by Gasteiger charge is 2.06. The summed E-state index contributed by atoms with van der Waals surface area (Å²) in [5.74, 6) is 1.06. The Morgan fingerprint density at radius 1 is 1.47 bits per heavy atom. The van der Waals surface area contributed by atoms with Gasteiger partial charge in [-0.15, -0.1) is 0 Å². The van der Waals surface area contributed by atoms with E-state index in [4.69, 9.17) is 4.42 Å². The highest BCUT2D eigenvalue weighted by Crippen LogP contribution is 2.07. The monoisotopic (exact) mass is 261 g/mol. The molecule has 1 N–H and O–H groups in total. The van der Waals surface area contributed by atoms with E-state index in [0.717, 1.165) is 38.1 Å². The van der Waals surface area contributed by atoms with E-state index in [0.29, 0.717) is 6.04 Å². The van der Waals surface area contributed by atoms with Gasteiger partial charge in [0.2, 0.25) is 0 Å². The van der Waals surface area contributed by atoms with E-state index in [1.165, 1.54) is 5.69 Å². The lowest BCUT2D eigenvalue weighted by Gasteiger charge is -2.14. The molecule has 1 atom stereocenters. The predicted octanol–water partition coefficient (Wildman–Crippen LogP) is 3.00. The van der Waals surface area contributed by atoms with Gasteiger partial charge in [-0.1, -0.05) is 6.92 Å². The van der Waals surface area contributed by atoms with Crippen molar-refractivity contribution in [1.29, 1.82) is 0 Å². The molecule has 0 radical (unpaired) electrons. The van der Waals surface area contributed by atoms with Gasteiger partial charge in [0.15, 0.2) is 0 Å². The minimum absolute atomic E-state index is 0.468. The normalized spacial score (nSPS) is 12.7. The summed E-state index contributed by atoms with van der Waals surface area (Å²) in [4.78, 5) is 4.21. The molecule has 19 heavy (non-hydrogen) atoms. The van der Waals surface area contributed by atoms with Gasteiger partial charge in [-0.3, -0.25) is 0 Å². The van der Waals surface area contributed by atoms with Gasteiger partial charge in [-0.2, -0.15) is 0 Å². The van der Waals surface area contributed by atoms with Crippen molar-refractivity contribution in [1.82, 2.24) is 14.9 Å². The highest BCUT2D eigenvalue weighted by atomic mass is 16.3. The molecule has 1 unspecified atom stereocenters. The molecule has 2 aromatic rings. The Balaban J connectivity index is 1.73. The number of nitrogens with one attached hydrogen (secondary N) is 1. The van der Waals surface area contributed by atoms with Gasteiger partial charge in [0, 0.05) is 31.7 Å². The van der Waals surface area contributed by atoms with Gasteiger partial charge in [0.1, 0.15) is 5.76 Å². The van der Waals surface area contributed by atoms with Crippen LogP contribution in [0.4, 0.5) is 0 Å². The molecular weight excluding hydrogens is 238 g/mol. The summed E-state index contributed by atoms with van der Waals surface area (Å²) in [5, 5.41) is 3.54. The fourth-order valence-corrected chi connectivity index (χ4v) is 2.13. The van der Waals surface area contributed by atoms with E-state index >= 15 is 0 Å². The Morgan fingerprint density at radius 2 is 2.37 bits per heavy atom. The van der Waals surface area contributed by atoms with Gasteiger partial charge in [-0.25, -0.2) is 4.98 Å². The SMILES string of the molecule is CCCn1cncc1CNC(C)CCc1ccco1. The van der Waals surface area contributed by atoms with Crippen molar-refractivity contribution < 1.29 is 4.42 Å². The standard InChI is InChI=1S/C15H23N3O/c1-3-8-18-12-16-10-14(18)11-17-13(2)6-7-15-5-4-9-19-15/h4-5,9-10,12-13,17H,3,6-8,11H2,1-2H3. The summed E-state index contributed by atoms with van der Waals surface area (Å²) in [7, 11) is 0. The zero-order valence-corrected chi connectivity index (χ0v) is 11.8. The minimum atomic E-state index is 0.468. The molecule has 4 nitrogen and oxygen atoms in total. The molecular formula is C15H23N3O. The number of hydrogen-bond acceptors (Lipinski definition) is 3. The van der Waals surface area contributed by atoms with Crippen LogP contribution < -0.4 is 5.32 Å². The second-order valence-electron chi connectivity index (χ2n) is 4.98. The summed E-state index contributed by atoms with van der Waals surface area (Å²) >= 11 is 0. The molecule has 0 saturated heterocycles. The summed E-state index contributed by atoms with van der Waals surface area (Å²) in [6, 6.07) is 4.44. The second-order valence-corrected chi connectivity index (χ2v) is 4.98. The first-order valence-corrected chi connectivity index (χ1v) is 7.04. The van der Waals surface area contributed by atoms with Crippen LogP contribution in [0.5, 0.6) is 0 Å². The maximum atomic E-state index is 5.34. The van der Waals surface area contributed by atoms with Crippen molar-refractivity contribution in [3.8, 4) is 0 Å². The number of rotatable bonds is 8. The van der Waals surface area contributed by atoms with Crippen LogP contribution in [-0.4, -0.2) is 15.6 Å². The van der Waals surface area contributed by atoms with Crippen LogP contribution in [0.1, 0.15) is 38.1 Å². The molecule has 0 aliphatic rings. The number of imidazole rings is 1. The first-order valence-electron chi connectivity index (χ1n) is 7.04. The Morgan fingerprint density at radius 3 is 3.11 bits per heavy atom. The number of nitrogens with zero attached hydrogens (tertiary/aromatic N) is 2. The fourth-order valence-electron chi connectivity index (χ4n) is 2.13. The van der Waals surface area contributed by atoms with E-state index < -0.39 is 0 Å². The minimum Gasteiger partial charge on any atom is -0.469 e. The summed E-state index contributed by atoms with van der Waals surface area (Å²) < 4.78 is 7.56. The van der Waals surface area contributed by atoms with Gasteiger partial charge in [0.05, 0.1) is 18.3 Å². The summed E-state index contributed by atoms with van der Waals surface area (Å²) in [6.07, 6.45) is 8.79. The molecule has 0 aliphatic carbocycles. The van der Waals surface area contributed by atoms with Crippen molar-refractivity contribution in [3.05, 3.63) is 42.4 Å². The average molecular weight is 261 g/mol. The van der Waals surface area contributed by atoms with Crippen LogP contribution in [0.25, 0.3) is 0 Å².